The molecule has 0 radical (unpaired) electrons. The van der Waals surface area contributed by atoms with Crippen LogP contribution in [0.15, 0.2) is 42.6 Å². The Morgan fingerprint density at radius 3 is 2.89 bits per heavy atom. The average Bonchev–Trinajstić information content (AvgIpc) is 3.47. The zero-order chi connectivity index (χ0) is 26.2. The van der Waals surface area contributed by atoms with Gasteiger partial charge in [-0.2, -0.15) is 4.39 Å². The van der Waals surface area contributed by atoms with Crippen molar-refractivity contribution in [3.05, 3.63) is 53.4 Å². The van der Waals surface area contributed by atoms with Crippen molar-refractivity contribution in [2.75, 3.05) is 35.3 Å². The first-order valence-electron chi connectivity index (χ1n) is 12.1. The van der Waals surface area contributed by atoms with E-state index >= 15 is 0 Å². The molecule has 0 saturated heterocycles. The predicted molar refractivity (Wildman–Crippen MR) is 141 cm³/mol. The SMILES string of the molecule is CCOCCCN1c2cc3c(cc2NC1NC(=O)c1ccc(-c2ccnc(F)c2)s1)NC(=O)C(C)(C)O3. The van der Waals surface area contributed by atoms with Crippen LogP contribution < -0.4 is 25.6 Å². The zero-order valence-corrected chi connectivity index (χ0v) is 21.6. The van der Waals surface area contributed by atoms with E-state index in [9.17, 15) is 14.0 Å². The Hall–Kier alpha value is -3.70. The quantitative estimate of drug-likeness (QED) is 0.295. The van der Waals surface area contributed by atoms with Crippen molar-refractivity contribution in [3.8, 4) is 16.2 Å². The molecule has 1 aromatic carbocycles. The molecule has 0 aliphatic carbocycles. The number of halogens is 1. The first-order valence-corrected chi connectivity index (χ1v) is 12.9. The number of hydrogen-bond donors (Lipinski definition) is 3. The number of anilines is 3. The molecular weight excluding hydrogens is 497 g/mol. The normalized spacial score (nSPS) is 17.4. The minimum atomic E-state index is -0.991. The molecular formula is C26H28FN5O4S. The zero-order valence-electron chi connectivity index (χ0n) is 20.8. The first kappa shape index (κ1) is 25.0. The number of nitrogens with zero attached hydrogens (tertiary/aromatic N) is 2. The number of carbonyl (C=O) groups excluding carboxylic acids is 2. The smallest absolute Gasteiger partial charge is 0.268 e. The molecule has 2 amide bonds. The summed E-state index contributed by atoms with van der Waals surface area (Å²) < 4.78 is 25.0. The summed E-state index contributed by atoms with van der Waals surface area (Å²) in [4.78, 5) is 32.5. The molecule has 2 aliphatic rings. The second-order valence-corrected chi connectivity index (χ2v) is 10.3. The van der Waals surface area contributed by atoms with Gasteiger partial charge in [-0.3, -0.25) is 9.59 Å². The number of pyridine rings is 1. The molecule has 11 heteroatoms. The maximum Gasteiger partial charge on any atom is 0.268 e. The van der Waals surface area contributed by atoms with Gasteiger partial charge < -0.3 is 30.3 Å². The summed E-state index contributed by atoms with van der Waals surface area (Å²) in [5, 5.41) is 9.31. The van der Waals surface area contributed by atoms with E-state index in [1.54, 1.807) is 32.0 Å². The molecule has 0 saturated carbocycles. The van der Waals surface area contributed by atoms with Gasteiger partial charge in [-0.05, 0) is 57.0 Å². The Balaban J connectivity index is 1.37. The summed E-state index contributed by atoms with van der Waals surface area (Å²) >= 11 is 1.28. The molecule has 5 rings (SSSR count). The molecule has 4 heterocycles. The number of aromatic nitrogens is 1. The van der Waals surface area contributed by atoms with E-state index < -0.39 is 17.8 Å². The van der Waals surface area contributed by atoms with Gasteiger partial charge in [-0.1, -0.05) is 0 Å². The van der Waals surface area contributed by atoms with Crippen molar-refractivity contribution in [1.29, 1.82) is 0 Å². The summed E-state index contributed by atoms with van der Waals surface area (Å²) in [6.07, 6.45) is 1.62. The number of carbonyl (C=O) groups is 2. The molecule has 37 heavy (non-hydrogen) atoms. The summed E-state index contributed by atoms with van der Waals surface area (Å²) in [5.74, 6) is -0.488. The Kier molecular flexibility index (Phi) is 6.74. The van der Waals surface area contributed by atoms with Crippen LogP contribution in [0.5, 0.6) is 5.75 Å². The highest BCUT2D eigenvalue weighted by Gasteiger charge is 2.38. The van der Waals surface area contributed by atoms with Crippen molar-refractivity contribution in [1.82, 2.24) is 10.3 Å². The van der Waals surface area contributed by atoms with Crippen LogP contribution >= 0.6 is 11.3 Å². The topological polar surface area (TPSA) is 105 Å². The molecule has 1 unspecified atom stereocenters. The monoisotopic (exact) mass is 525 g/mol. The lowest BCUT2D eigenvalue weighted by Gasteiger charge is -2.32. The number of amides is 2. The van der Waals surface area contributed by atoms with E-state index in [4.69, 9.17) is 9.47 Å². The van der Waals surface area contributed by atoms with Crippen LogP contribution in [0, 0.1) is 5.95 Å². The summed E-state index contributed by atoms with van der Waals surface area (Å²) in [6, 6.07) is 10.3. The maximum absolute atomic E-state index is 13.5. The van der Waals surface area contributed by atoms with E-state index in [2.05, 4.69) is 20.9 Å². The highest BCUT2D eigenvalue weighted by Crippen LogP contribution is 2.44. The number of ether oxygens (including phenoxy) is 2. The highest BCUT2D eigenvalue weighted by atomic mass is 32.1. The predicted octanol–water partition coefficient (Wildman–Crippen LogP) is 4.43. The van der Waals surface area contributed by atoms with E-state index in [1.165, 1.54) is 23.6 Å². The first-order chi connectivity index (χ1) is 17.7. The van der Waals surface area contributed by atoms with Gasteiger partial charge in [-0.15, -0.1) is 11.3 Å². The highest BCUT2D eigenvalue weighted by molar-refractivity contribution is 7.17. The maximum atomic E-state index is 13.5. The second kappa shape index (κ2) is 9.98. The molecule has 0 bridgehead atoms. The number of fused-ring (bicyclic) bond motifs is 2. The van der Waals surface area contributed by atoms with Gasteiger partial charge in [0, 0.05) is 43.0 Å². The van der Waals surface area contributed by atoms with Gasteiger partial charge in [0.1, 0.15) is 5.75 Å². The lowest BCUT2D eigenvalue weighted by Crippen LogP contribution is -2.50. The van der Waals surface area contributed by atoms with Crippen LogP contribution in [0.1, 0.15) is 36.9 Å². The minimum absolute atomic E-state index is 0.223. The van der Waals surface area contributed by atoms with E-state index in [0.29, 0.717) is 41.6 Å². The van der Waals surface area contributed by atoms with Gasteiger partial charge in [0.25, 0.3) is 11.8 Å². The molecule has 2 aliphatic heterocycles. The molecule has 194 valence electrons. The molecule has 0 spiro atoms. The number of benzene rings is 1. The third kappa shape index (κ3) is 5.09. The standard InChI is InChI=1S/C26H28FN5O4S/c1-4-35-11-5-10-32-18-14-19-17(29-24(34)26(2,3)36-19)13-16(18)30-25(32)31-23(33)21-7-6-20(37-21)15-8-9-28-22(27)12-15/h6-9,12-14,25,30H,4-5,10-11H2,1-3H3,(H,29,34)(H,31,33). The Labute approximate surface area is 218 Å². The van der Waals surface area contributed by atoms with E-state index in [-0.39, 0.29) is 11.8 Å². The van der Waals surface area contributed by atoms with Gasteiger partial charge in [0.05, 0.1) is 21.9 Å². The van der Waals surface area contributed by atoms with Gasteiger partial charge in [0.2, 0.25) is 5.95 Å². The van der Waals surface area contributed by atoms with Crippen LogP contribution in [0.25, 0.3) is 10.4 Å². The number of rotatable bonds is 8. The van der Waals surface area contributed by atoms with E-state index in [1.807, 2.05) is 24.0 Å². The fraction of sp³-hybridized carbons (Fsp3) is 0.346. The summed E-state index contributed by atoms with van der Waals surface area (Å²) in [7, 11) is 0. The lowest BCUT2D eigenvalue weighted by atomic mass is 10.1. The van der Waals surface area contributed by atoms with Gasteiger partial charge in [0.15, 0.2) is 11.9 Å². The van der Waals surface area contributed by atoms with Gasteiger partial charge in [-0.25, -0.2) is 4.98 Å². The van der Waals surface area contributed by atoms with Crippen molar-refractivity contribution in [2.45, 2.75) is 39.1 Å². The lowest BCUT2D eigenvalue weighted by molar-refractivity contribution is -0.129. The van der Waals surface area contributed by atoms with Crippen molar-refractivity contribution in [3.63, 3.8) is 0 Å². The van der Waals surface area contributed by atoms with Crippen molar-refractivity contribution >= 4 is 40.2 Å². The summed E-state index contributed by atoms with van der Waals surface area (Å²) in [5.41, 5.74) is 1.87. The molecule has 9 nitrogen and oxygen atoms in total. The summed E-state index contributed by atoms with van der Waals surface area (Å²) in [6.45, 7) is 7.22. The van der Waals surface area contributed by atoms with Crippen molar-refractivity contribution < 1.29 is 23.5 Å². The largest absolute Gasteiger partial charge is 0.476 e. The Morgan fingerprint density at radius 1 is 1.27 bits per heavy atom. The van der Waals surface area contributed by atoms with Crippen LogP contribution in [0.2, 0.25) is 0 Å². The van der Waals surface area contributed by atoms with Crippen LogP contribution in [-0.2, 0) is 9.53 Å². The molecule has 2 aromatic heterocycles. The number of nitrogens with one attached hydrogen (secondary N) is 3. The van der Waals surface area contributed by atoms with Crippen LogP contribution in [0.3, 0.4) is 0 Å². The molecule has 0 fully saturated rings. The van der Waals surface area contributed by atoms with Crippen LogP contribution in [-0.4, -0.2) is 48.4 Å². The molecule has 3 N–H and O–H groups in total. The fourth-order valence-electron chi connectivity index (χ4n) is 4.27. The molecule has 3 aromatic rings. The number of thiophene rings is 1. The Bertz CT molecular complexity index is 1340. The molecule has 1 atom stereocenters. The fourth-order valence-corrected chi connectivity index (χ4v) is 5.18. The third-order valence-electron chi connectivity index (χ3n) is 6.17. The van der Waals surface area contributed by atoms with Crippen molar-refractivity contribution in [2.24, 2.45) is 0 Å². The van der Waals surface area contributed by atoms with Gasteiger partial charge >= 0.3 is 0 Å². The number of hydrogen-bond acceptors (Lipinski definition) is 8. The van der Waals surface area contributed by atoms with Crippen LogP contribution in [0.4, 0.5) is 21.5 Å². The third-order valence-corrected chi connectivity index (χ3v) is 7.30. The Morgan fingerprint density at radius 2 is 2.11 bits per heavy atom. The minimum Gasteiger partial charge on any atom is -0.476 e. The average molecular weight is 526 g/mol. The second-order valence-electron chi connectivity index (χ2n) is 9.23. The van der Waals surface area contributed by atoms with E-state index in [0.717, 1.165) is 22.7 Å².